The molecule has 0 aliphatic heterocycles. The average Bonchev–Trinajstić information content (AvgIpc) is 2.48. The topological polar surface area (TPSA) is 75.6 Å². The van der Waals surface area contributed by atoms with Crippen molar-refractivity contribution < 1.29 is 19.4 Å². The van der Waals surface area contributed by atoms with E-state index >= 15 is 0 Å². The first-order valence-electron chi connectivity index (χ1n) is 7.36. The van der Waals surface area contributed by atoms with Crippen LogP contribution in [0.2, 0.25) is 0 Å². The second-order valence-electron chi connectivity index (χ2n) is 4.84. The van der Waals surface area contributed by atoms with Gasteiger partial charge >= 0.3 is 5.97 Å². The minimum Gasteiger partial charge on any atom is -0.492 e. The molecular formula is C16H23NO4. The molecule has 0 aromatic heterocycles. The Kier molecular flexibility index (Phi) is 7.94. The van der Waals surface area contributed by atoms with E-state index in [2.05, 4.69) is 12.2 Å². The van der Waals surface area contributed by atoms with Crippen LogP contribution in [0.3, 0.4) is 0 Å². The van der Waals surface area contributed by atoms with Crippen molar-refractivity contribution in [3.63, 3.8) is 0 Å². The van der Waals surface area contributed by atoms with Crippen LogP contribution >= 0.6 is 0 Å². The highest BCUT2D eigenvalue weighted by atomic mass is 16.5. The zero-order valence-corrected chi connectivity index (χ0v) is 12.4. The van der Waals surface area contributed by atoms with Crippen LogP contribution in [0.1, 0.15) is 49.4 Å². The molecule has 0 radical (unpaired) electrons. The van der Waals surface area contributed by atoms with Gasteiger partial charge in [0.1, 0.15) is 12.4 Å². The lowest BCUT2D eigenvalue weighted by Crippen LogP contribution is -2.27. The summed E-state index contributed by atoms with van der Waals surface area (Å²) in [5.41, 5.74) is 0.187. The molecule has 0 unspecified atom stereocenters. The van der Waals surface area contributed by atoms with Crippen molar-refractivity contribution in [3.8, 4) is 5.75 Å². The smallest absolute Gasteiger partial charge is 0.335 e. The Labute approximate surface area is 125 Å². The number of carbonyl (C=O) groups excluding carboxylic acids is 1. The summed E-state index contributed by atoms with van der Waals surface area (Å²) in [5, 5.41) is 11.6. The molecule has 0 atom stereocenters. The van der Waals surface area contributed by atoms with Gasteiger partial charge in [0.05, 0.1) is 12.1 Å². The Hall–Kier alpha value is -2.04. The van der Waals surface area contributed by atoms with Crippen LogP contribution in [0, 0.1) is 0 Å². The van der Waals surface area contributed by atoms with E-state index in [4.69, 9.17) is 9.84 Å². The molecule has 1 aromatic carbocycles. The summed E-state index contributed by atoms with van der Waals surface area (Å²) >= 11 is 0. The summed E-state index contributed by atoms with van der Waals surface area (Å²) in [6.45, 7) is 2.88. The van der Waals surface area contributed by atoms with E-state index in [1.165, 1.54) is 12.1 Å². The van der Waals surface area contributed by atoms with Gasteiger partial charge in [-0.25, -0.2) is 4.79 Å². The minimum absolute atomic E-state index is 0.0361. The summed E-state index contributed by atoms with van der Waals surface area (Å²) in [6, 6.07) is 6.30. The van der Waals surface area contributed by atoms with Gasteiger partial charge in [-0.2, -0.15) is 0 Å². The zero-order chi connectivity index (χ0) is 15.5. The molecule has 0 saturated heterocycles. The fraction of sp³-hybridized carbons (Fsp3) is 0.500. The number of nitrogens with one attached hydrogen (secondary N) is 1. The largest absolute Gasteiger partial charge is 0.492 e. The SMILES string of the molecule is CCCCCCC(=O)NCCOc1cccc(C(=O)O)c1. The monoisotopic (exact) mass is 293 g/mol. The van der Waals surface area contributed by atoms with Crippen LogP contribution in [0.5, 0.6) is 5.75 Å². The van der Waals surface area contributed by atoms with Crippen molar-refractivity contribution >= 4 is 11.9 Å². The third-order valence-electron chi connectivity index (χ3n) is 3.03. The van der Waals surface area contributed by atoms with E-state index in [1.54, 1.807) is 12.1 Å². The third kappa shape index (κ3) is 7.34. The Morgan fingerprint density at radius 2 is 2.05 bits per heavy atom. The summed E-state index contributed by atoms with van der Waals surface area (Å²) in [6.07, 6.45) is 4.87. The number of amides is 1. The first kappa shape index (κ1) is 17.0. The van der Waals surface area contributed by atoms with Crippen molar-refractivity contribution in [1.82, 2.24) is 5.32 Å². The number of unbranched alkanes of at least 4 members (excludes halogenated alkanes) is 3. The Morgan fingerprint density at radius 3 is 2.76 bits per heavy atom. The maximum atomic E-state index is 11.5. The van der Waals surface area contributed by atoms with Crippen LogP contribution in [-0.4, -0.2) is 30.1 Å². The number of aromatic carboxylic acids is 1. The average molecular weight is 293 g/mol. The van der Waals surface area contributed by atoms with E-state index < -0.39 is 5.97 Å². The highest BCUT2D eigenvalue weighted by molar-refractivity contribution is 5.88. The molecule has 5 heteroatoms. The Balaban J connectivity index is 2.17. The van der Waals surface area contributed by atoms with Crippen LogP contribution in [0.25, 0.3) is 0 Å². The summed E-state index contributed by atoms with van der Waals surface area (Å²) in [4.78, 5) is 22.3. The Bertz CT molecular complexity index is 459. The number of hydrogen-bond acceptors (Lipinski definition) is 3. The Morgan fingerprint density at radius 1 is 1.24 bits per heavy atom. The molecule has 0 aliphatic carbocycles. The molecule has 21 heavy (non-hydrogen) atoms. The van der Waals surface area contributed by atoms with E-state index in [0.29, 0.717) is 25.3 Å². The minimum atomic E-state index is -0.985. The molecule has 0 fully saturated rings. The lowest BCUT2D eigenvalue weighted by Gasteiger charge is -2.08. The fourth-order valence-electron chi connectivity index (χ4n) is 1.88. The molecule has 0 aliphatic rings. The van der Waals surface area contributed by atoms with E-state index in [9.17, 15) is 9.59 Å². The van der Waals surface area contributed by atoms with Crippen molar-refractivity contribution in [2.24, 2.45) is 0 Å². The zero-order valence-electron chi connectivity index (χ0n) is 12.4. The molecule has 116 valence electrons. The summed E-state index contributed by atoms with van der Waals surface area (Å²) in [7, 11) is 0. The number of benzene rings is 1. The second-order valence-corrected chi connectivity index (χ2v) is 4.84. The lowest BCUT2D eigenvalue weighted by atomic mass is 10.1. The van der Waals surface area contributed by atoms with Gasteiger partial charge in [-0.1, -0.05) is 32.3 Å². The van der Waals surface area contributed by atoms with Crippen LogP contribution in [0.15, 0.2) is 24.3 Å². The summed E-state index contributed by atoms with van der Waals surface area (Å²) < 4.78 is 5.41. The first-order chi connectivity index (χ1) is 10.1. The molecular weight excluding hydrogens is 270 g/mol. The van der Waals surface area contributed by atoms with Gasteiger partial charge < -0.3 is 15.2 Å². The van der Waals surface area contributed by atoms with Crippen molar-refractivity contribution in [1.29, 1.82) is 0 Å². The lowest BCUT2D eigenvalue weighted by molar-refractivity contribution is -0.121. The van der Waals surface area contributed by atoms with Gasteiger partial charge in [0.15, 0.2) is 0 Å². The molecule has 1 rings (SSSR count). The van der Waals surface area contributed by atoms with Gasteiger partial charge in [-0.3, -0.25) is 4.79 Å². The normalized spacial score (nSPS) is 10.1. The molecule has 0 bridgehead atoms. The quantitative estimate of drug-likeness (QED) is 0.650. The van der Waals surface area contributed by atoms with E-state index in [1.807, 2.05) is 0 Å². The van der Waals surface area contributed by atoms with Gasteiger partial charge in [0.25, 0.3) is 0 Å². The van der Waals surface area contributed by atoms with Crippen molar-refractivity contribution in [2.75, 3.05) is 13.2 Å². The molecule has 0 heterocycles. The molecule has 2 N–H and O–H groups in total. The standard InChI is InChI=1S/C16H23NO4/c1-2-3-4-5-9-15(18)17-10-11-21-14-8-6-7-13(12-14)16(19)20/h6-8,12H,2-5,9-11H2,1H3,(H,17,18)(H,19,20). The summed E-state index contributed by atoms with van der Waals surface area (Å²) in [5.74, 6) is -0.457. The van der Waals surface area contributed by atoms with Crippen molar-refractivity contribution in [2.45, 2.75) is 39.0 Å². The fourth-order valence-corrected chi connectivity index (χ4v) is 1.88. The number of rotatable bonds is 10. The van der Waals surface area contributed by atoms with Crippen LogP contribution < -0.4 is 10.1 Å². The molecule has 5 nitrogen and oxygen atoms in total. The maximum Gasteiger partial charge on any atom is 0.335 e. The molecule has 0 saturated carbocycles. The van der Waals surface area contributed by atoms with E-state index in [-0.39, 0.29) is 11.5 Å². The number of hydrogen-bond donors (Lipinski definition) is 2. The van der Waals surface area contributed by atoms with Crippen LogP contribution in [0.4, 0.5) is 0 Å². The van der Waals surface area contributed by atoms with Gasteiger partial charge in [0.2, 0.25) is 5.91 Å². The highest BCUT2D eigenvalue weighted by Gasteiger charge is 2.04. The predicted molar refractivity (Wildman–Crippen MR) is 80.7 cm³/mol. The predicted octanol–water partition coefficient (Wildman–Crippen LogP) is 2.85. The van der Waals surface area contributed by atoms with Gasteiger partial charge in [0, 0.05) is 6.42 Å². The molecule has 1 amide bonds. The van der Waals surface area contributed by atoms with Crippen LogP contribution in [-0.2, 0) is 4.79 Å². The maximum absolute atomic E-state index is 11.5. The number of carboxylic acid groups (broad SMARTS) is 1. The number of ether oxygens (including phenoxy) is 1. The van der Waals surface area contributed by atoms with Gasteiger partial charge in [-0.05, 0) is 24.6 Å². The third-order valence-corrected chi connectivity index (χ3v) is 3.03. The molecule has 1 aromatic rings. The van der Waals surface area contributed by atoms with E-state index in [0.717, 1.165) is 25.7 Å². The van der Waals surface area contributed by atoms with Crippen molar-refractivity contribution in [3.05, 3.63) is 29.8 Å². The highest BCUT2D eigenvalue weighted by Crippen LogP contribution is 2.12. The first-order valence-corrected chi connectivity index (χ1v) is 7.36. The second kappa shape index (κ2) is 9.80. The molecule has 0 spiro atoms. The number of carboxylic acids is 1. The van der Waals surface area contributed by atoms with Gasteiger partial charge in [-0.15, -0.1) is 0 Å². The number of carbonyl (C=O) groups is 2.